The lowest BCUT2D eigenvalue weighted by Crippen LogP contribution is -2.27. The van der Waals surface area contributed by atoms with Gasteiger partial charge in [0.15, 0.2) is 0 Å². The Morgan fingerprint density at radius 1 is 0.808 bits per heavy atom. The normalized spacial score (nSPS) is 10.7. The third-order valence-corrected chi connectivity index (χ3v) is 3.38. The molecule has 0 aliphatic carbocycles. The Morgan fingerprint density at radius 2 is 1.27 bits per heavy atom. The second-order valence-electron chi connectivity index (χ2n) is 5.12. The van der Waals surface area contributed by atoms with Gasteiger partial charge in [-0.1, -0.05) is 0 Å². The number of imidazole rings is 1. The topological polar surface area (TPSA) is 27.3 Å². The fraction of sp³-hybridized carbons (Fsp3) is 0.118. The molecule has 0 aliphatic heterocycles. The first-order chi connectivity index (χ1) is 12.3. The van der Waals surface area contributed by atoms with Crippen LogP contribution in [0.1, 0.15) is 0 Å². The maximum absolute atomic E-state index is 9.75. The molecule has 0 aliphatic rings. The van der Waals surface area contributed by atoms with Crippen LogP contribution in [0.15, 0.2) is 67.3 Å². The third kappa shape index (κ3) is 5.84. The van der Waals surface area contributed by atoms with Gasteiger partial charge < -0.3 is 26.7 Å². The molecule has 0 N–H and O–H groups in total. The van der Waals surface area contributed by atoms with Crippen molar-refractivity contribution in [1.82, 2.24) is 4.57 Å². The predicted octanol–water partition coefficient (Wildman–Crippen LogP) is 4.07. The van der Waals surface area contributed by atoms with Crippen molar-refractivity contribution in [3.8, 4) is 22.9 Å². The Labute approximate surface area is 148 Å². The van der Waals surface area contributed by atoms with Gasteiger partial charge in [-0.05, 0) is 48.5 Å². The van der Waals surface area contributed by atoms with E-state index in [2.05, 4.69) is 9.13 Å². The Balaban J connectivity index is 0.000000431. The number of ether oxygens (including phenoxy) is 2. The van der Waals surface area contributed by atoms with Gasteiger partial charge in [0.1, 0.15) is 35.3 Å². The average molecular weight is 368 g/mol. The highest BCUT2D eigenvalue weighted by molar-refractivity contribution is 6.50. The summed E-state index contributed by atoms with van der Waals surface area (Å²) in [4.78, 5) is 0. The predicted molar refractivity (Wildman–Crippen MR) is 90.6 cm³/mol. The first-order valence-electron chi connectivity index (χ1n) is 7.55. The Hall–Kier alpha value is -2.97. The SMILES string of the molecule is COc1ccc(-n2cc[n+](-c3ccc(OC)cc3)c2)cc1.F[B-](F)(F)F. The van der Waals surface area contributed by atoms with Crippen LogP contribution in [0.25, 0.3) is 11.4 Å². The molecule has 0 amide bonds. The zero-order valence-corrected chi connectivity index (χ0v) is 14.2. The second-order valence-corrected chi connectivity index (χ2v) is 5.12. The largest absolute Gasteiger partial charge is 0.673 e. The van der Waals surface area contributed by atoms with Gasteiger partial charge in [-0.3, -0.25) is 0 Å². The molecule has 0 unspecified atom stereocenters. The molecule has 3 rings (SSSR count). The van der Waals surface area contributed by atoms with E-state index in [9.17, 15) is 17.3 Å². The van der Waals surface area contributed by atoms with Gasteiger partial charge in [0, 0.05) is 0 Å². The summed E-state index contributed by atoms with van der Waals surface area (Å²) in [6.45, 7) is 0. The van der Waals surface area contributed by atoms with E-state index in [1.54, 1.807) is 14.2 Å². The summed E-state index contributed by atoms with van der Waals surface area (Å²) in [6.07, 6.45) is 6.07. The fourth-order valence-corrected chi connectivity index (χ4v) is 2.17. The highest BCUT2D eigenvalue weighted by Gasteiger charge is 2.20. The van der Waals surface area contributed by atoms with E-state index in [4.69, 9.17) is 9.47 Å². The van der Waals surface area contributed by atoms with Crippen LogP contribution in [0, 0.1) is 0 Å². The summed E-state index contributed by atoms with van der Waals surface area (Å²) in [7, 11) is -2.66. The summed E-state index contributed by atoms with van der Waals surface area (Å²) in [5.41, 5.74) is 2.17. The van der Waals surface area contributed by atoms with Crippen LogP contribution in [0.5, 0.6) is 11.5 Å². The summed E-state index contributed by atoms with van der Waals surface area (Å²) >= 11 is 0. The van der Waals surface area contributed by atoms with Crippen LogP contribution in [0.2, 0.25) is 0 Å². The molecular formula is C17H17BF4N2O2. The number of hydrogen-bond donors (Lipinski definition) is 0. The Morgan fingerprint density at radius 3 is 1.73 bits per heavy atom. The van der Waals surface area contributed by atoms with E-state index in [0.29, 0.717) is 0 Å². The van der Waals surface area contributed by atoms with Crippen molar-refractivity contribution in [2.75, 3.05) is 14.2 Å². The third-order valence-electron chi connectivity index (χ3n) is 3.38. The number of methoxy groups -OCH3 is 2. The van der Waals surface area contributed by atoms with E-state index < -0.39 is 7.25 Å². The molecule has 138 valence electrons. The number of nitrogens with zero attached hydrogens (tertiary/aromatic N) is 2. The van der Waals surface area contributed by atoms with Crippen LogP contribution < -0.4 is 14.0 Å². The molecule has 0 radical (unpaired) electrons. The molecule has 0 spiro atoms. The van der Waals surface area contributed by atoms with Gasteiger partial charge in [0.25, 0.3) is 6.33 Å². The van der Waals surface area contributed by atoms with E-state index >= 15 is 0 Å². The van der Waals surface area contributed by atoms with Gasteiger partial charge in [0.2, 0.25) is 0 Å². The molecule has 1 heterocycles. The van der Waals surface area contributed by atoms with Crippen molar-refractivity contribution in [3.63, 3.8) is 0 Å². The summed E-state index contributed by atoms with van der Waals surface area (Å²) in [5, 5.41) is 0. The minimum absolute atomic E-state index is 0.855. The van der Waals surface area contributed by atoms with Gasteiger partial charge >= 0.3 is 7.25 Å². The average Bonchev–Trinajstić information content (AvgIpc) is 3.10. The lowest BCUT2D eigenvalue weighted by molar-refractivity contribution is -0.594. The Kier molecular flexibility index (Phi) is 6.27. The Bertz CT molecular complexity index is 750. The highest BCUT2D eigenvalue weighted by atomic mass is 19.5. The van der Waals surface area contributed by atoms with Crippen LogP contribution in [-0.4, -0.2) is 26.0 Å². The van der Waals surface area contributed by atoms with E-state index in [0.717, 1.165) is 22.9 Å². The lowest BCUT2D eigenvalue weighted by atomic mass is 10.3. The van der Waals surface area contributed by atoms with Crippen molar-refractivity contribution in [1.29, 1.82) is 0 Å². The molecule has 0 saturated carbocycles. The molecule has 4 nitrogen and oxygen atoms in total. The van der Waals surface area contributed by atoms with Crippen LogP contribution >= 0.6 is 0 Å². The summed E-state index contributed by atoms with van der Waals surface area (Å²) in [6, 6.07) is 15.9. The first kappa shape index (κ1) is 19.4. The van der Waals surface area contributed by atoms with Crippen LogP contribution in [0.4, 0.5) is 17.3 Å². The van der Waals surface area contributed by atoms with Gasteiger partial charge in [-0.2, -0.15) is 0 Å². The number of aromatic nitrogens is 2. The zero-order valence-electron chi connectivity index (χ0n) is 14.2. The number of halogens is 4. The molecule has 26 heavy (non-hydrogen) atoms. The zero-order chi connectivity index (χ0) is 19.2. The summed E-state index contributed by atoms with van der Waals surface area (Å²) in [5.74, 6) is 1.71. The van der Waals surface area contributed by atoms with Crippen LogP contribution in [-0.2, 0) is 0 Å². The molecule has 9 heteroatoms. The van der Waals surface area contributed by atoms with Crippen molar-refractivity contribution >= 4 is 7.25 Å². The number of rotatable bonds is 4. The van der Waals surface area contributed by atoms with Gasteiger partial charge in [0.05, 0.1) is 14.2 Å². The lowest BCUT2D eigenvalue weighted by Gasteiger charge is -2.00. The minimum atomic E-state index is -6.00. The second kappa shape index (κ2) is 8.42. The quantitative estimate of drug-likeness (QED) is 0.395. The molecular weight excluding hydrogens is 351 g/mol. The van der Waals surface area contributed by atoms with Crippen molar-refractivity contribution in [2.24, 2.45) is 0 Å². The highest BCUT2D eigenvalue weighted by Crippen LogP contribution is 2.15. The fourth-order valence-electron chi connectivity index (χ4n) is 2.17. The van der Waals surface area contributed by atoms with Crippen molar-refractivity contribution in [3.05, 3.63) is 67.3 Å². The maximum atomic E-state index is 9.75. The van der Waals surface area contributed by atoms with Gasteiger partial charge in [-0.25, -0.2) is 9.13 Å². The molecule has 0 fully saturated rings. The van der Waals surface area contributed by atoms with E-state index in [1.807, 2.05) is 67.3 Å². The van der Waals surface area contributed by atoms with Gasteiger partial charge in [-0.15, -0.1) is 0 Å². The monoisotopic (exact) mass is 368 g/mol. The number of hydrogen-bond acceptors (Lipinski definition) is 2. The maximum Gasteiger partial charge on any atom is 0.673 e. The molecule has 3 aromatic rings. The molecule has 1 aromatic heterocycles. The van der Waals surface area contributed by atoms with Crippen molar-refractivity contribution < 1.29 is 31.3 Å². The molecule has 2 aromatic carbocycles. The molecule has 0 atom stereocenters. The number of benzene rings is 2. The molecule has 0 saturated heterocycles. The smallest absolute Gasteiger partial charge is 0.497 e. The van der Waals surface area contributed by atoms with E-state index in [-0.39, 0.29) is 0 Å². The van der Waals surface area contributed by atoms with E-state index in [1.165, 1.54) is 0 Å². The van der Waals surface area contributed by atoms with Crippen molar-refractivity contribution in [2.45, 2.75) is 0 Å². The summed E-state index contributed by atoms with van der Waals surface area (Å²) < 4.78 is 53.5. The molecule has 0 bridgehead atoms. The van der Waals surface area contributed by atoms with Crippen LogP contribution in [0.3, 0.4) is 0 Å². The standard InChI is InChI=1S/C17H17N2O2.BF4/c1-20-16-7-3-14(4-8-16)18-11-12-19(13-18)15-5-9-17(21-2)10-6-15;2-1(3,4)5/h3-13H,1-2H3;/q+1;-1. The minimum Gasteiger partial charge on any atom is -0.497 e. The first-order valence-corrected chi connectivity index (χ1v) is 7.55.